The van der Waals surface area contributed by atoms with Gasteiger partial charge >= 0.3 is 0 Å². The van der Waals surface area contributed by atoms with E-state index in [2.05, 4.69) is 4.90 Å². The molecule has 0 aliphatic rings. The van der Waals surface area contributed by atoms with Crippen molar-refractivity contribution in [1.82, 2.24) is 4.90 Å². The SMILES string of the molecule is CN(C)Cc1c(Cl)cccc1CN. The summed E-state index contributed by atoms with van der Waals surface area (Å²) in [4.78, 5) is 2.08. The van der Waals surface area contributed by atoms with Gasteiger partial charge in [0, 0.05) is 18.1 Å². The van der Waals surface area contributed by atoms with Crippen molar-refractivity contribution >= 4 is 11.6 Å². The zero-order chi connectivity index (χ0) is 9.84. The third-order valence-corrected chi connectivity index (χ3v) is 2.26. The van der Waals surface area contributed by atoms with Gasteiger partial charge in [0.2, 0.25) is 0 Å². The Morgan fingerprint density at radius 3 is 2.62 bits per heavy atom. The molecule has 0 fully saturated rings. The summed E-state index contributed by atoms with van der Waals surface area (Å²) in [6, 6.07) is 5.86. The first kappa shape index (κ1) is 10.5. The lowest BCUT2D eigenvalue weighted by Crippen LogP contribution is -2.14. The molecule has 0 aliphatic carbocycles. The van der Waals surface area contributed by atoms with Gasteiger partial charge < -0.3 is 10.6 Å². The van der Waals surface area contributed by atoms with Crippen LogP contribution in [0.3, 0.4) is 0 Å². The van der Waals surface area contributed by atoms with Gasteiger partial charge in [-0.3, -0.25) is 0 Å². The summed E-state index contributed by atoms with van der Waals surface area (Å²) < 4.78 is 0. The van der Waals surface area contributed by atoms with Crippen LogP contribution in [0.15, 0.2) is 18.2 Å². The molecule has 0 aliphatic heterocycles. The first-order valence-corrected chi connectivity index (χ1v) is 4.64. The molecule has 0 radical (unpaired) electrons. The molecular weight excluding hydrogens is 184 g/mol. The average Bonchev–Trinajstić information content (AvgIpc) is 2.08. The van der Waals surface area contributed by atoms with Crippen molar-refractivity contribution < 1.29 is 0 Å². The molecule has 13 heavy (non-hydrogen) atoms. The quantitative estimate of drug-likeness (QED) is 0.804. The average molecular weight is 199 g/mol. The fourth-order valence-corrected chi connectivity index (χ4v) is 1.54. The molecule has 2 N–H and O–H groups in total. The van der Waals surface area contributed by atoms with Crippen LogP contribution in [-0.4, -0.2) is 19.0 Å². The van der Waals surface area contributed by atoms with E-state index in [1.54, 1.807) is 0 Å². The van der Waals surface area contributed by atoms with Gasteiger partial charge in [-0.2, -0.15) is 0 Å². The summed E-state index contributed by atoms with van der Waals surface area (Å²) in [5, 5.41) is 0.802. The standard InChI is InChI=1S/C10H15ClN2/c1-13(2)7-9-8(6-12)4-3-5-10(9)11/h3-5H,6-7,12H2,1-2H3. The molecule has 2 nitrogen and oxygen atoms in total. The van der Waals surface area contributed by atoms with Gasteiger partial charge in [-0.25, -0.2) is 0 Å². The lowest BCUT2D eigenvalue weighted by atomic mass is 10.1. The second-order valence-electron chi connectivity index (χ2n) is 3.32. The van der Waals surface area contributed by atoms with Crippen LogP contribution >= 0.6 is 11.6 Å². The van der Waals surface area contributed by atoms with E-state index in [0.29, 0.717) is 6.54 Å². The van der Waals surface area contributed by atoms with Gasteiger partial charge in [-0.05, 0) is 31.3 Å². The van der Waals surface area contributed by atoms with Gasteiger partial charge in [0.15, 0.2) is 0 Å². The minimum Gasteiger partial charge on any atom is -0.326 e. The second-order valence-corrected chi connectivity index (χ2v) is 3.73. The number of nitrogens with two attached hydrogens (primary N) is 1. The summed E-state index contributed by atoms with van der Waals surface area (Å²) in [7, 11) is 4.03. The normalized spacial score (nSPS) is 10.8. The van der Waals surface area contributed by atoms with Crippen LogP contribution < -0.4 is 5.73 Å². The minimum absolute atomic E-state index is 0.545. The summed E-state index contributed by atoms with van der Waals surface area (Å²) in [5.74, 6) is 0. The molecular formula is C10H15ClN2. The van der Waals surface area contributed by atoms with Crippen LogP contribution in [0.5, 0.6) is 0 Å². The number of hydrogen-bond acceptors (Lipinski definition) is 2. The van der Waals surface area contributed by atoms with Crippen molar-refractivity contribution in [2.45, 2.75) is 13.1 Å². The summed E-state index contributed by atoms with van der Waals surface area (Å²) >= 11 is 6.07. The van der Waals surface area contributed by atoms with Crippen molar-refractivity contribution in [2.24, 2.45) is 5.73 Å². The number of rotatable bonds is 3. The lowest BCUT2D eigenvalue weighted by molar-refractivity contribution is 0.401. The smallest absolute Gasteiger partial charge is 0.0454 e. The first-order valence-electron chi connectivity index (χ1n) is 4.26. The molecule has 0 bridgehead atoms. The first-order chi connectivity index (χ1) is 6.15. The number of nitrogens with zero attached hydrogens (tertiary/aromatic N) is 1. The van der Waals surface area contributed by atoms with E-state index in [1.165, 1.54) is 0 Å². The molecule has 0 heterocycles. The Hall–Kier alpha value is -0.570. The van der Waals surface area contributed by atoms with Crippen molar-refractivity contribution in [3.05, 3.63) is 34.3 Å². The molecule has 0 spiro atoms. The molecule has 0 amide bonds. The molecule has 1 rings (SSSR count). The zero-order valence-corrected chi connectivity index (χ0v) is 8.80. The van der Waals surface area contributed by atoms with Crippen molar-refractivity contribution in [1.29, 1.82) is 0 Å². The van der Waals surface area contributed by atoms with Crippen molar-refractivity contribution in [2.75, 3.05) is 14.1 Å². The molecule has 0 saturated carbocycles. The highest BCUT2D eigenvalue weighted by molar-refractivity contribution is 6.31. The topological polar surface area (TPSA) is 29.3 Å². The maximum Gasteiger partial charge on any atom is 0.0454 e. The third kappa shape index (κ3) is 2.69. The van der Waals surface area contributed by atoms with Gasteiger partial charge in [0.1, 0.15) is 0 Å². The molecule has 1 aromatic carbocycles. The zero-order valence-electron chi connectivity index (χ0n) is 8.05. The van der Waals surface area contributed by atoms with E-state index >= 15 is 0 Å². The van der Waals surface area contributed by atoms with Crippen LogP contribution in [-0.2, 0) is 13.1 Å². The van der Waals surface area contributed by atoms with Crippen LogP contribution in [0.4, 0.5) is 0 Å². The number of hydrogen-bond donors (Lipinski definition) is 1. The second kappa shape index (κ2) is 4.61. The van der Waals surface area contributed by atoms with E-state index < -0.39 is 0 Å². The highest BCUT2D eigenvalue weighted by Gasteiger charge is 2.05. The van der Waals surface area contributed by atoms with E-state index in [1.807, 2.05) is 32.3 Å². The Balaban J connectivity index is 3.00. The predicted molar refractivity (Wildman–Crippen MR) is 56.7 cm³/mol. The van der Waals surface area contributed by atoms with Gasteiger partial charge in [0.05, 0.1) is 0 Å². The molecule has 1 aromatic rings. The maximum atomic E-state index is 6.07. The van der Waals surface area contributed by atoms with Crippen LogP contribution in [0.1, 0.15) is 11.1 Å². The molecule has 0 aromatic heterocycles. The van der Waals surface area contributed by atoms with E-state index in [9.17, 15) is 0 Å². The summed E-state index contributed by atoms with van der Waals surface area (Å²) in [6.45, 7) is 1.38. The number of benzene rings is 1. The van der Waals surface area contributed by atoms with Gasteiger partial charge in [-0.1, -0.05) is 23.7 Å². The molecule has 0 unspecified atom stereocenters. The largest absolute Gasteiger partial charge is 0.326 e. The number of halogens is 1. The van der Waals surface area contributed by atoms with Gasteiger partial charge in [0.25, 0.3) is 0 Å². The predicted octanol–water partition coefficient (Wildman–Crippen LogP) is 1.86. The van der Waals surface area contributed by atoms with Crippen LogP contribution in [0, 0.1) is 0 Å². The Morgan fingerprint density at radius 1 is 1.38 bits per heavy atom. The van der Waals surface area contributed by atoms with Gasteiger partial charge in [-0.15, -0.1) is 0 Å². The Kier molecular flexibility index (Phi) is 3.72. The monoisotopic (exact) mass is 198 g/mol. The third-order valence-electron chi connectivity index (χ3n) is 1.91. The van der Waals surface area contributed by atoms with Crippen molar-refractivity contribution in [3.63, 3.8) is 0 Å². The van der Waals surface area contributed by atoms with Crippen LogP contribution in [0.2, 0.25) is 5.02 Å². The molecule has 0 saturated heterocycles. The fourth-order valence-electron chi connectivity index (χ4n) is 1.29. The molecule has 0 atom stereocenters. The van der Waals surface area contributed by atoms with Crippen LogP contribution in [0.25, 0.3) is 0 Å². The highest BCUT2D eigenvalue weighted by Crippen LogP contribution is 2.20. The van der Waals surface area contributed by atoms with Crippen molar-refractivity contribution in [3.8, 4) is 0 Å². The minimum atomic E-state index is 0.545. The molecule has 3 heteroatoms. The fraction of sp³-hybridized carbons (Fsp3) is 0.400. The Labute approximate surface area is 84.3 Å². The summed E-state index contributed by atoms with van der Waals surface area (Å²) in [6.07, 6.45) is 0. The van der Waals surface area contributed by atoms with E-state index in [-0.39, 0.29) is 0 Å². The maximum absolute atomic E-state index is 6.07. The highest BCUT2D eigenvalue weighted by atomic mass is 35.5. The lowest BCUT2D eigenvalue weighted by Gasteiger charge is -2.14. The molecule has 72 valence electrons. The van der Waals surface area contributed by atoms with E-state index in [4.69, 9.17) is 17.3 Å². The van der Waals surface area contributed by atoms with E-state index in [0.717, 1.165) is 22.7 Å². The Bertz CT molecular complexity index is 284. The summed E-state index contributed by atoms with van der Waals surface area (Å²) in [5.41, 5.74) is 7.88. The Morgan fingerprint density at radius 2 is 2.08 bits per heavy atom.